The number of thioether (sulfide) groups is 1. The zero-order valence-corrected chi connectivity index (χ0v) is 20.6. The van der Waals surface area contributed by atoms with Crippen LogP contribution in [-0.2, 0) is 0 Å². The number of benzene rings is 1. The molecule has 2 rings (SSSR count). The highest BCUT2D eigenvalue weighted by Crippen LogP contribution is 2.25. The molecule has 0 spiro atoms. The largest absolute Gasteiger partial charge is 0.341 e. The normalized spacial score (nSPS) is 10.6. The van der Waals surface area contributed by atoms with Crippen LogP contribution in [0.25, 0.3) is 0 Å². The third kappa shape index (κ3) is 7.59. The fraction of sp³-hybridized carbons (Fsp3) is 0.500. The monoisotopic (exact) mass is 485 g/mol. The molecule has 0 aliphatic rings. The first-order valence-electron chi connectivity index (χ1n) is 10.3. The van der Waals surface area contributed by atoms with Crippen LogP contribution in [-0.4, -0.2) is 59.5 Å². The minimum Gasteiger partial charge on any atom is -0.341 e. The van der Waals surface area contributed by atoms with Gasteiger partial charge in [0.05, 0.1) is 10.0 Å². The van der Waals surface area contributed by atoms with Crippen LogP contribution < -0.4 is 20.4 Å². The molecular weight excluding hydrogens is 457 g/mol. The van der Waals surface area contributed by atoms with Crippen LogP contribution >= 0.6 is 35.0 Å². The van der Waals surface area contributed by atoms with Crippen molar-refractivity contribution in [1.29, 1.82) is 0 Å². The van der Waals surface area contributed by atoms with Crippen LogP contribution in [0.5, 0.6) is 0 Å². The zero-order chi connectivity index (χ0) is 22.8. The van der Waals surface area contributed by atoms with Crippen LogP contribution in [0.2, 0.25) is 10.0 Å². The average Bonchev–Trinajstić information content (AvgIpc) is 2.76. The molecule has 0 atom stereocenters. The predicted octanol–water partition coefficient (Wildman–Crippen LogP) is 4.78. The molecule has 2 N–H and O–H groups in total. The summed E-state index contributed by atoms with van der Waals surface area (Å²) in [7, 11) is 0. The number of hydrogen-bond acceptors (Lipinski definition) is 7. The summed E-state index contributed by atoms with van der Waals surface area (Å²) in [6.45, 7) is 12.0. The van der Waals surface area contributed by atoms with E-state index < -0.39 is 0 Å². The predicted molar refractivity (Wildman–Crippen MR) is 131 cm³/mol. The topological polar surface area (TPSA) is 86.3 Å². The van der Waals surface area contributed by atoms with E-state index in [2.05, 4.69) is 63.1 Å². The maximum absolute atomic E-state index is 12.1. The lowest BCUT2D eigenvalue weighted by Crippen LogP contribution is -2.30. The van der Waals surface area contributed by atoms with Gasteiger partial charge in [0.25, 0.3) is 0 Å². The van der Waals surface area contributed by atoms with Crippen LogP contribution in [0.3, 0.4) is 0 Å². The van der Waals surface area contributed by atoms with Crippen molar-refractivity contribution in [2.75, 3.05) is 53.6 Å². The van der Waals surface area contributed by atoms with Gasteiger partial charge in [-0.25, -0.2) is 4.79 Å². The molecule has 0 aliphatic heterocycles. The SMILES string of the molecule is CCN(CC)c1nc(SCCNC(=O)Nc2ccc(Cl)c(Cl)c2)nc(N(CC)CC)n1. The molecule has 31 heavy (non-hydrogen) atoms. The number of urea groups is 1. The Morgan fingerprint density at radius 3 is 2.03 bits per heavy atom. The van der Waals surface area contributed by atoms with Crippen LogP contribution in [0.1, 0.15) is 27.7 Å². The van der Waals surface area contributed by atoms with Gasteiger partial charge < -0.3 is 20.4 Å². The summed E-state index contributed by atoms with van der Waals surface area (Å²) in [5, 5.41) is 7.02. The van der Waals surface area contributed by atoms with Crippen LogP contribution in [0.4, 0.5) is 22.4 Å². The van der Waals surface area contributed by atoms with Gasteiger partial charge in [-0.1, -0.05) is 35.0 Å². The summed E-state index contributed by atoms with van der Waals surface area (Å²) in [6, 6.07) is 4.61. The summed E-state index contributed by atoms with van der Waals surface area (Å²) in [4.78, 5) is 30.2. The van der Waals surface area contributed by atoms with E-state index in [1.54, 1.807) is 18.2 Å². The Labute approximate surface area is 198 Å². The van der Waals surface area contributed by atoms with Crippen molar-refractivity contribution in [3.63, 3.8) is 0 Å². The molecule has 1 heterocycles. The van der Waals surface area contributed by atoms with Crippen molar-refractivity contribution in [2.45, 2.75) is 32.9 Å². The van der Waals surface area contributed by atoms with Crippen LogP contribution in [0, 0.1) is 0 Å². The van der Waals surface area contributed by atoms with Gasteiger partial charge in [-0.15, -0.1) is 0 Å². The number of hydrogen-bond donors (Lipinski definition) is 2. The smallest absolute Gasteiger partial charge is 0.319 e. The minimum absolute atomic E-state index is 0.317. The molecule has 0 bridgehead atoms. The summed E-state index contributed by atoms with van der Waals surface area (Å²) >= 11 is 13.3. The third-order valence-electron chi connectivity index (χ3n) is 4.48. The van der Waals surface area contributed by atoms with E-state index in [-0.39, 0.29) is 6.03 Å². The van der Waals surface area contributed by atoms with Gasteiger partial charge in [0.15, 0.2) is 5.16 Å². The summed E-state index contributed by atoms with van der Waals surface area (Å²) in [5.41, 5.74) is 0.574. The van der Waals surface area contributed by atoms with Gasteiger partial charge in [0.1, 0.15) is 0 Å². The number of amides is 2. The molecule has 1 aromatic heterocycles. The number of aromatic nitrogens is 3. The van der Waals surface area contributed by atoms with E-state index in [0.29, 0.717) is 45.1 Å². The number of nitrogens with zero attached hydrogens (tertiary/aromatic N) is 5. The molecule has 0 fully saturated rings. The molecule has 0 aliphatic carbocycles. The molecule has 2 aromatic rings. The fourth-order valence-electron chi connectivity index (χ4n) is 2.75. The lowest BCUT2D eigenvalue weighted by molar-refractivity contribution is 0.252. The summed E-state index contributed by atoms with van der Waals surface area (Å²) in [6.07, 6.45) is 0. The number of nitrogens with one attached hydrogen (secondary N) is 2. The number of carbonyl (C=O) groups is 1. The quantitative estimate of drug-likeness (QED) is 0.349. The Morgan fingerprint density at radius 1 is 0.935 bits per heavy atom. The minimum atomic E-state index is -0.317. The van der Waals surface area contributed by atoms with E-state index in [1.807, 2.05) is 0 Å². The Balaban J connectivity index is 1.96. The van der Waals surface area contributed by atoms with E-state index in [1.165, 1.54) is 11.8 Å². The maximum atomic E-state index is 12.1. The summed E-state index contributed by atoms with van der Waals surface area (Å²) in [5.74, 6) is 1.97. The Hall–Kier alpha value is -1.97. The first kappa shape index (κ1) is 25.3. The fourth-order valence-corrected chi connectivity index (χ4v) is 3.73. The second kappa shape index (κ2) is 12.8. The van der Waals surface area contributed by atoms with E-state index >= 15 is 0 Å². The highest BCUT2D eigenvalue weighted by atomic mass is 35.5. The molecule has 170 valence electrons. The Kier molecular flexibility index (Phi) is 10.4. The lowest BCUT2D eigenvalue weighted by Gasteiger charge is -2.23. The zero-order valence-electron chi connectivity index (χ0n) is 18.3. The first-order chi connectivity index (χ1) is 14.9. The Morgan fingerprint density at radius 2 is 1.52 bits per heavy atom. The lowest BCUT2D eigenvalue weighted by atomic mass is 10.3. The highest BCUT2D eigenvalue weighted by molar-refractivity contribution is 7.99. The van der Waals surface area contributed by atoms with Gasteiger partial charge in [-0.05, 0) is 45.9 Å². The van der Waals surface area contributed by atoms with Crippen molar-refractivity contribution in [2.24, 2.45) is 0 Å². The van der Waals surface area contributed by atoms with Gasteiger partial charge in [0, 0.05) is 44.2 Å². The Bertz CT molecular complexity index is 833. The molecule has 1 aromatic carbocycles. The molecule has 0 radical (unpaired) electrons. The van der Waals surface area contributed by atoms with Gasteiger partial charge in [-0.3, -0.25) is 0 Å². The van der Waals surface area contributed by atoms with Crippen molar-refractivity contribution in [3.8, 4) is 0 Å². The first-order valence-corrected chi connectivity index (χ1v) is 12.0. The van der Waals surface area contributed by atoms with E-state index in [9.17, 15) is 4.79 Å². The molecule has 11 heteroatoms. The van der Waals surface area contributed by atoms with Crippen LogP contribution in [0.15, 0.2) is 23.4 Å². The average molecular weight is 486 g/mol. The number of rotatable bonds is 11. The maximum Gasteiger partial charge on any atom is 0.319 e. The molecule has 0 unspecified atom stereocenters. The molecule has 0 saturated heterocycles. The second-order valence-electron chi connectivity index (χ2n) is 6.42. The standard InChI is InChI=1S/C20H29Cl2N7OS/c1-5-28(6-2)17-25-18(29(7-3)8-4)27-20(26-17)31-12-11-23-19(30)24-14-9-10-15(21)16(22)13-14/h9-10,13H,5-8,11-12H2,1-4H3,(H2,23,24,30). The van der Waals surface area contributed by atoms with Crippen molar-refractivity contribution >= 4 is 58.6 Å². The second-order valence-corrected chi connectivity index (χ2v) is 8.30. The summed E-state index contributed by atoms with van der Waals surface area (Å²) < 4.78 is 0. The van der Waals surface area contributed by atoms with Gasteiger partial charge in [-0.2, -0.15) is 15.0 Å². The molecule has 2 amide bonds. The van der Waals surface area contributed by atoms with Gasteiger partial charge >= 0.3 is 6.03 Å². The number of carbonyl (C=O) groups excluding carboxylic acids is 1. The molecule has 8 nitrogen and oxygen atoms in total. The van der Waals surface area contributed by atoms with Crippen molar-refractivity contribution in [3.05, 3.63) is 28.2 Å². The number of anilines is 3. The molecule has 0 saturated carbocycles. The highest BCUT2D eigenvalue weighted by Gasteiger charge is 2.15. The third-order valence-corrected chi connectivity index (χ3v) is 6.07. The van der Waals surface area contributed by atoms with E-state index in [0.717, 1.165) is 26.2 Å². The van der Waals surface area contributed by atoms with Gasteiger partial charge in [0.2, 0.25) is 11.9 Å². The van der Waals surface area contributed by atoms with Crippen molar-refractivity contribution < 1.29 is 4.79 Å². The van der Waals surface area contributed by atoms with Crippen molar-refractivity contribution in [1.82, 2.24) is 20.3 Å². The molecular formula is C20H29Cl2N7OS. The van der Waals surface area contributed by atoms with E-state index in [4.69, 9.17) is 23.2 Å². The number of halogens is 2.